The van der Waals surface area contributed by atoms with Crippen molar-refractivity contribution < 1.29 is 9.31 Å². The molecule has 0 aliphatic heterocycles. The SMILES string of the molecule is Clc1cnccc1OBOc1ccncc1Cl. The Labute approximate surface area is 109 Å². The summed E-state index contributed by atoms with van der Waals surface area (Å²) in [5, 5.41) is 0.855. The van der Waals surface area contributed by atoms with Crippen molar-refractivity contribution in [3.63, 3.8) is 0 Å². The lowest BCUT2D eigenvalue weighted by atomic mass is 10.3. The fourth-order valence-corrected chi connectivity index (χ4v) is 1.46. The van der Waals surface area contributed by atoms with E-state index in [4.69, 9.17) is 32.5 Å². The molecule has 0 radical (unpaired) electrons. The number of hydrogen-bond acceptors (Lipinski definition) is 4. The third kappa shape index (κ3) is 3.25. The molecule has 0 atom stereocenters. The highest BCUT2D eigenvalue weighted by atomic mass is 35.5. The van der Waals surface area contributed by atoms with E-state index in [9.17, 15) is 0 Å². The van der Waals surface area contributed by atoms with Crippen LogP contribution in [0.3, 0.4) is 0 Å². The Hall–Kier alpha value is -1.46. The number of halogens is 2. The summed E-state index contributed by atoms with van der Waals surface area (Å²) in [5.74, 6) is 1.01. The lowest BCUT2D eigenvalue weighted by Crippen LogP contribution is -2.11. The molecule has 0 N–H and O–H groups in total. The zero-order valence-electron chi connectivity index (χ0n) is 8.64. The maximum absolute atomic E-state index is 5.86. The molecule has 0 unspecified atom stereocenters. The van der Waals surface area contributed by atoms with Gasteiger partial charge in [-0.1, -0.05) is 23.2 Å². The smallest absolute Gasteiger partial charge is 0.527 e. The maximum atomic E-state index is 5.86. The Morgan fingerprint density at radius 1 is 0.882 bits per heavy atom. The second kappa shape index (κ2) is 5.75. The molecule has 0 saturated heterocycles. The maximum Gasteiger partial charge on any atom is 0.576 e. The summed E-state index contributed by atoms with van der Waals surface area (Å²) >= 11 is 11.7. The van der Waals surface area contributed by atoms with Gasteiger partial charge in [-0.05, 0) is 12.1 Å². The molecule has 2 heterocycles. The van der Waals surface area contributed by atoms with E-state index < -0.39 is 0 Å². The predicted molar refractivity (Wildman–Crippen MR) is 66.9 cm³/mol. The van der Waals surface area contributed by atoms with Crippen LogP contribution in [0.2, 0.25) is 10.0 Å². The lowest BCUT2D eigenvalue weighted by Gasteiger charge is -2.08. The van der Waals surface area contributed by atoms with Gasteiger partial charge in [-0.25, -0.2) is 0 Å². The predicted octanol–water partition coefficient (Wildman–Crippen LogP) is 2.51. The van der Waals surface area contributed by atoms with Gasteiger partial charge in [0.05, 0.1) is 10.0 Å². The highest BCUT2D eigenvalue weighted by Crippen LogP contribution is 2.23. The van der Waals surface area contributed by atoms with Crippen molar-refractivity contribution in [3.8, 4) is 11.5 Å². The molecule has 2 aromatic heterocycles. The molecular weight excluding hydrogens is 262 g/mol. The van der Waals surface area contributed by atoms with Crippen molar-refractivity contribution in [2.75, 3.05) is 0 Å². The number of nitrogens with zero attached hydrogens (tertiary/aromatic N) is 2. The highest BCUT2D eigenvalue weighted by molar-refractivity contribution is 6.33. The van der Waals surface area contributed by atoms with Gasteiger partial charge < -0.3 is 9.31 Å². The van der Waals surface area contributed by atoms with Gasteiger partial charge in [0, 0.05) is 24.8 Å². The van der Waals surface area contributed by atoms with E-state index in [0.29, 0.717) is 21.5 Å². The first kappa shape index (κ1) is 12.0. The van der Waals surface area contributed by atoms with Gasteiger partial charge >= 0.3 is 7.69 Å². The fourth-order valence-electron chi connectivity index (χ4n) is 1.12. The van der Waals surface area contributed by atoms with Crippen LogP contribution < -0.4 is 9.31 Å². The molecule has 0 aliphatic rings. The van der Waals surface area contributed by atoms with Crippen LogP contribution in [0.15, 0.2) is 36.9 Å². The first-order valence-electron chi connectivity index (χ1n) is 4.72. The molecule has 0 aromatic carbocycles. The number of rotatable bonds is 4. The van der Waals surface area contributed by atoms with E-state index in [0.717, 1.165) is 0 Å². The number of hydrogen-bond donors (Lipinski definition) is 0. The van der Waals surface area contributed by atoms with Crippen LogP contribution in [0.25, 0.3) is 0 Å². The quantitative estimate of drug-likeness (QED) is 0.800. The van der Waals surface area contributed by atoms with E-state index in [2.05, 4.69) is 9.97 Å². The molecule has 0 saturated carbocycles. The van der Waals surface area contributed by atoms with Crippen molar-refractivity contribution in [2.24, 2.45) is 0 Å². The molecule has 7 heteroatoms. The highest BCUT2D eigenvalue weighted by Gasteiger charge is 2.05. The largest absolute Gasteiger partial charge is 0.576 e. The Morgan fingerprint density at radius 3 is 1.76 bits per heavy atom. The summed E-state index contributed by atoms with van der Waals surface area (Å²) in [7, 11) is 0.00741. The molecule has 2 aromatic rings. The molecule has 86 valence electrons. The van der Waals surface area contributed by atoms with Gasteiger partial charge in [-0.2, -0.15) is 0 Å². The van der Waals surface area contributed by atoms with Crippen LogP contribution in [0.5, 0.6) is 11.5 Å². The Morgan fingerprint density at radius 2 is 1.35 bits per heavy atom. The minimum atomic E-state index is 0.00741. The minimum Gasteiger partial charge on any atom is -0.527 e. The normalized spacial score (nSPS) is 9.76. The standard InChI is InChI=1S/C10H7BCl2N2O2/c12-7-5-14-3-1-9(7)16-11-17-10-2-4-15-6-8(10)13/h1-6,11H. The average Bonchev–Trinajstić information content (AvgIpc) is 2.34. The topological polar surface area (TPSA) is 44.2 Å². The van der Waals surface area contributed by atoms with Crippen LogP contribution in [-0.2, 0) is 0 Å². The van der Waals surface area contributed by atoms with E-state index in [1.54, 1.807) is 24.5 Å². The fraction of sp³-hybridized carbons (Fsp3) is 0. The third-order valence-electron chi connectivity index (χ3n) is 1.90. The van der Waals surface area contributed by atoms with E-state index in [1.165, 1.54) is 12.4 Å². The van der Waals surface area contributed by atoms with Crippen molar-refractivity contribution in [3.05, 3.63) is 47.0 Å². The van der Waals surface area contributed by atoms with Crippen molar-refractivity contribution >= 4 is 30.9 Å². The van der Waals surface area contributed by atoms with Crippen molar-refractivity contribution in [1.82, 2.24) is 9.97 Å². The van der Waals surface area contributed by atoms with E-state index >= 15 is 0 Å². The lowest BCUT2D eigenvalue weighted by molar-refractivity contribution is 0.458. The average molecular weight is 269 g/mol. The van der Waals surface area contributed by atoms with Gasteiger partial charge in [0.1, 0.15) is 11.5 Å². The first-order chi connectivity index (χ1) is 8.27. The summed E-state index contributed by atoms with van der Waals surface area (Å²) in [5.41, 5.74) is 0. The molecule has 2 rings (SSSR count). The summed E-state index contributed by atoms with van der Waals surface area (Å²) in [6.45, 7) is 0. The summed E-state index contributed by atoms with van der Waals surface area (Å²) in [6, 6.07) is 3.31. The zero-order chi connectivity index (χ0) is 12.1. The van der Waals surface area contributed by atoms with Crippen molar-refractivity contribution in [1.29, 1.82) is 0 Å². The molecular formula is C10H7BCl2N2O2. The third-order valence-corrected chi connectivity index (χ3v) is 2.47. The van der Waals surface area contributed by atoms with Crippen LogP contribution in [0.1, 0.15) is 0 Å². The molecule has 17 heavy (non-hydrogen) atoms. The van der Waals surface area contributed by atoms with Gasteiger partial charge in [-0.3, -0.25) is 9.97 Å². The van der Waals surface area contributed by atoms with Crippen LogP contribution in [0, 0.1) is 0 Å². The molecule has 0 amide bonds. The molecule has 0 aliphatic carbocycles. The van der Waals surface area contributed by atoms with Crippen LogP contribution >= 0.6 is 23.2 Å². The number of pyridine rings is 2. The molecule has 0 spiro atoms. The van der Waals surface area contributed by atoms with Gasteiger partial charge in [-0.15, -0.1) is 0 Å². The van der Waals surface area contributed by atoms with Gasteiger partial charge in [0.2, 0.25) is 0 Å². The summed E-state index contributed by atoms with van der Waals surface area (Å²) < 4.78 is 10.6. The number of aromatic nitrogens is 2. The second-order valence-corrected chi connectivity index (χ2v) is 3.83. The first-order valence-corrected chi connectivity index (χ1v) is 5.47. The van der Waals surface area contributed by atoms with Crippen LogP contribution in [0.4, 0.5) is 0 Å². The Kier molecular flexibility index (Phi) is 4.06. The van der Waals surface area contributed by atoms with Gasteiger partial charge in [0.25, 0.3) is 0 Å². The van der Waals surface area contributed by atoms with Crippen molar-refractivity contribution in [2.45, 2.75) is 0 Å². The Bertz CT molecular complexity index is 468. The zero-order valence-corrected chi connectivity index (χ0v) is 10.1. The Balaban J connectivity index is 1.93. The van der Waals surface area contributed by atoms with E-state index in [1.807, 2.05) is 0 Å². The van der Waals surface area contributed by atoms with E-state index in [-0.39, 0.29) is 7.69 Å². The molecule has 0 fully saturated rings. The summed E-state index contributed by atoms with van der Waals surface area (Å²) in [6.07, 6.45) is 6.16. The molecule has 0 bridgehead atoms. The van der Waals surface area contributed by atoms with Crippen LogP contribution in [-0.4, -0.2) is 17.7 Å². The molecule has 4 nitrogen and oxygen atoms in total. The van der Waals surface area contributed by atoms with Gasteiger partial charge in [0.15, 0.2) is 0 Å². The minimum absolute atomic E-state index is 0.00741. The second-order valence-electron chi connectivity index (χ2n) is 3.02. The summed E-state index contributed by atoms with van der Waals surface area (Å²) in [4.78, 5) is 7.69. The monoisotopic (exact) mass is 268 g/mol.